The molecule has 3 aromatic rings. The number of benzene rings is 1. The minimum Gasteiger partial charge on any atom is -0.748 e. The van der Waals surface area contributed by atoms with Gasteiger partial charge in [-0.15, -0.1) is 0 Å². The van der Waals surface area contributed by atoms with Crippen molar-refractivity contribution in [3.05, 3.63) is 64.8 Å². The number of hydrogen-bond donors (Lipinski definition) is 0. The summed E-state index contributed by atoms with van der Waals surface area (Å²) in [5, 5.41) is 0.819. The molecule has 0 spiro atoms. The van der Waals surface area contributed by atoms with Crippen molar-refractivity contribution in [2.75, 3.05) is 17.2 Å². The van der Waals surface area contributed by atoms with Gasteiger partial charge in [-0.3, -0.25) is 0 Å². The largest absolute Gasteiger partial charge is 0.748 e. The van der Waals surface area contributed by atoms with Crippen molar-refractivity contribution >= 4 is 32.3 Å². The Labute approximate surface area is 219 Å². The van der Waals surface area contributed by atoms with Crippen molar-refractivity contribution < 1.29 is 22.0 Å². The molecule has 1 aliphatic rings. The van der Waals surface area contributed by atoms with E-state index in [9.17, 15) is 17.8 Å². The molecule has 0 N–H and O–H groups in total. The predicted molar refractivity (Wildman–Crippen MR) is 147 cm³/mol. The average Bonchev–Trinajstić information content (AvgIpc) is 2.82. The molecule has 198 valence electrons. The molecule has 1 aromatic carbocycles. The molecule has 0 radical (unpaired) electrons. The number of aryl methyl sites for hydroxylation is 1. The van der Waals surface area contributed by atoms with Crippen LogP contribution in [0.4, 0.5) is 5.69 Å². The van der Waals surface area contributed by atoms with E-state index in [1.54, 1.807) is 0 Å². The number of allylic oxidation sites excluding steroid dienone is 1. The Morgan fingerprint density at radius 2 is 1.73 bits per heavy atom. The van der Waals surface area contributed by atoms with Crippen molar-refractivity contribution in [2.45, 2.75) is 71.9 Å². The smallest absolute Gasteiger partial charge is 0.344 e. The second kappa shape index (κ2) is 10.8. The zero-order valence-corrected chi connectivity index (χ0v) is 22.9. The third-order valence-electron chi connectivity index (χ3n) is 7.08. The van der Waals surface area contributed by atoms with E-state index in [2.05, 4.69) is 22.5 Å². The topological polar surface area (TPSA) is 94.5 Å². The number of nitrogens with zero attached hydrogens (tertiary/aromatic N) is 2. The lowest BCUT2D eigenvalue weighted by Crippen LogP contribution is -2.46. The lowest BCUT2D eigenvalue weighted by atomic mass is 9.88. The van der Waals surface area contributed by atoms with E-state index in [4.69, 9.17) is 4.42 Å². The maximum absolute atomic E-state index is 13.0. The Bertz CT molecular complexity index is 1470. The summed E-state index contributed by atoms with van der Waals surface area (Å²) in [7, 11) is -4.29. The van der Waals surface area contributed by atoms with Crippen molar-refractivity contribution in [3.63, 3.8) is 0 Å². The van der Waals surface area contributed by atoms with E-state index in [-0.39, 0.29) is 6.42 Å². The van der Waals surface area contributed by atoms with Gasteiger partial charge in [-0.2, -0.15) is 0 Å². The lowest BCUT2D eigenvalue weighted by molar-refractivity contribution is -0.697. The molecule has 0 saturated heterocycles. The number of fused-ring (bicyclic) bond motifs is 2. The molecular formula is C29H36N2O5S. The molecule has 0 bridgehead atoms. The summed E-state index contributed by atoms with van der Waals surface area (Å²) in [6.07, 6.45) is 11.2. The van der Waals surface area contributed by atoms with Crippen LogP contribution >= 0.6 is 0 Å². The van der Waals surface area contributed by atoms with Gasteiger partial charge in [-0.25, -0.2) is 17.8 Å². The van der Waals surface area contributed by atoms with Crippen LogP contribution in [-0.2, 0) is 16.7 Å². The van der Waals surface area contributed by atoms with Gasteiger partial charge in [-0.1, -0.05) is 25.8 Å². The fraction of sp³-hybridized carbons (Fsp3) is 0.448. The van der Waals surface area contributed by atoms with E-state index in [0.29, 0.717) is 17.7 Å². The molecule has 0 fully saturated rings. The molecular weight excluding hydrogens is 488 g/mol. The predicted octanol–water partition coefficient (Wildman–Crippen LogP) is 5.27. The van der Waals surface area contributed by atoms with Crippen molar-refractivity contribution in [3.8, 4) is 11.1 Å². The zero-order valence-electron chi connectivity index (χ0n) is 22.1. The Morgan fingerprint density at radius 1 is 1.03 bits per heavy atom. The van der Waals surface area contributed by atoms with E-state index in [0.717, 1.165) is 40.7 Å². The molecule has 2 aromatic heterocycles. The number of hydrogen-bond acceptors (Lipinski definition) is 6. The summed E-state index contributed by atoms with van der Waals surface area (Å²) in [5.41, 5.74) is 3.95. The van der Waals surface area contributed by atoms with E-state index >= 15 is 0 Å². The minimum atomic E-state index is -4.29. The molecule has 0 unspecified atom stereocenters. The molecule has 1 aliphatic heterocycles. The third kappa shape index (κ3) is 6.30. The Balaban J connectivity index is 1.66. The maximum atomic E-state index is 13.0. The van der Waals surface area contributed by atoms with Crippen LogP contribution in [0.1, 0.15) is 65.4 Å². The highest BCUT2D eigenvalue weighted by Crippen LogP contribution is 2.41. The SMILES string of the molecule is CCCCCC[n+]1ccc(-c2cc3cc4c(cc3oc2=O)N(CCCS(=O)(=O)[O-])C(C)(C)C=C4C)cc1. The first kappa shape index (κ1) is 27.1. The first-order valence-corrected chi connectivity index (χ1v) is 14.6. The molecule has 37 heavy (non-hydrogen) atoms. The average molecular weight is 525 g/mol. The van der Waals surface area contributed by atoms with Crippen LogP contribution < -0.4 is 15.1 Å². The summed E-state index contributed by atoms with van der Waals surface area (Å²) in [6, 6.07) is 9.66. The highest BCUT2D eigenvalue weighted by Gasteiger charge is 2.31. The van der Waals surface area contributed by atoms with Crippen molar-refractivity contribution in [1.29, 1.82) is 0 Å². The van der Waals surface area contributed by atoms with Gasteiger partial charge in [0.15, 0.2) is 12.4 Å². The molecule has 0 saturated carbocycles. The van der Waals surface area contributed by atoms with Crippen LogP contribution in [0.2, 0.25) is 0 Å². The van der Waals surface area contributed by atoms with Crippen LogP contribution in [0.5, 0.6) is 0 Å². The molecule has 4 rings (SSSR count). The van der Waals surface area contributed by atoms with Gasteiger partial charge >= 0.3 is 5.63 Å². The van der Waals surface area contributed by atoms with Crippen LogP contribution in [0, 0.1) is 0 Å². The summed E-state index contributed by atoms with van der Waals surface area (Å²) >= 11 is 0. The van der Waals surface area contributed by atoms with Gasteiger partial charge < -0.3 is 13.9 Å². The number of rotatable bonds is 10. The number of pyridine rings is 1. The monoisotopic (exact) mass is 524 g/mol. The van der Waals surface area contributed by atoms with Gasteiger partial charge in [0.05, 0.1) is 21.2 Å². The first-order valence-electron chi connectivity index (χ1n) is 13.0. The number of unbranched alkanes of at least 4 members (excludes halogenated alkanes) is 3. The molecule has 7 nitrogen and oxygen atoms in total. The van der Waals surface area contributed by atoms with Crippen molar-refractivity contribution in [1.82, 2.24) is 0 Å². The molecule has 0 aliphatic carbocycles. The van der Waals surface area contributed by atoms with Crippen LogP contribution in [0.25, 0.3) is 27.7 Å². The second-order valence-electron chi connectivity index (χ2n) is 10.5. The van der Waals surface area contributed by atoms with Gasteiger partial charge in [0.2, 0.25) is 0 Å². The highest BCUT2D eigenvalue weighted by molar-refractivity contribution is 7.85. The Hall–Kier alpha value is -2.97. The first-order chi connectivity index (χ1) is 17.5. The number of anilines is 1. The second-order valence-corrected chi connectivity index (χ2v) is 12.0. The fourth-order valence-electron chi connectivity index (χ4n) is 5.21. The van der Waals surface area contributed by atoms with Crippen LogP contribution in [-0.4, -0.2) is 30.8 Å². The zero-order chi connectivity index (χ0) is 26.8. The van der Waals surface area contributed by atoms with Crippen molar-refractivity contribution in [2.24, 2.45) is 0 Å². The fourth-order valence-corrected chi connectivity index (χ4v) is 5.69. The molecule has 0 amide bonds. The van der Waals surface area contributed by atoms with Gasteiger partial charge in [-0.05, 0) is 51.3 Å². The van der Waals surface area contributed by atoms with Crippen LogP contribution in [0.3, 0.4) is 0 Å². The summed E-state index contributed by atoms with van der Waals surface area (Å²) in [4.78, 5) is 15.1. The molecule has 8 heteroatoms. The summed E-state index contributed by atoms with van der Waals surface area (Å²) < 4.78 is 41.4. The van der Waals surface area contributed by atoms with Gasteiger partial charge in [0.1, 0.15) is 12.1 Å². The lowest BCUT2D eigenvalue weighted by Gasteiger charge is -2.43. The summed E-state index contributed by atoms with van der Waals surface area (Å²) in [6.45, 7) is 9.68. The van der Waals surface area contributed by atoms with Crippen LogP contribution in [0.15, 0.2) is 58.0 Å². The minimum absolute atomic E-state index is 0.217. The van der Waals surface area contributed by atoms with E-state index in [1.165, 1.54) is 19.3 Å². The van der Waals surface area contributed by atoms with Gasteiger partial charge in [0.25, 0.3) is 0 Å². The summed E-state index contributed by atoms with van der Waals surface area (Å²) in [5.74, 6) is -0.417. The maximum Gasteiger partial charge on any atom is 0.344 e. The normalized spacial score (nSPS) is 15.1. The highest BCUT2D eigenvalue weighted by atomic mass is 32.2. The Morgan fingerprint density at radius 3 is 2.41 bits per heavy atom. The standard InChI is InChI=1S/C29H36N2O5S/c1-5-6-7-8-12-30-14-10-22(11-15-30)25-18-23-17-24-21(2)20-29(3,4)31(13-9-16-37(33,34)35)26(24)19-27(23)36-28(25)32/h10-11,14-15,17-20H,5-9,12-13,16H2,1-4H3. The number of aromatic nitrogens is 1. The Kier molecular flexibility index (Phi) is 7.90. The quantitative estimate of drug-likeness (QED) is 0.155. The molecule has 0 atom stereocenters. The van der Waals surface area contributed by atoms with E-state index in [1.807, 2.05) is 63.5 Å². The van der Waals surface area contributed by atoms with Gasteiger partial charge in [0, 0.05) is 59.1 Å². The third-order valence-corrected chi connectivity index (χ3v) is 7.87. The van der Waals surface area contributed by atoms with E-state index < -0.39 is 27.0 Å². The molecule has 3 heterocycles.